The van der Waals surface area contributed by atoms with Crippen molar-refractivity contribution in [2.24, 2.45) is 0 Å². The molecule has 1 saturated heterocycles. The van der Waals surface area contributed by atoms with Crippen LogP contribution in [0.25, 0.3) is 0 Å². The first kappa shape index (κ1) is 18.9. The summed E-state index contributed by atoms with van der Waals surface area (Å²) in [6, 6.07) is 7.29. The first-order valence-corrected chi connectivity index (χ1v) is 9.48. The molecule has 150 valence electrons. The van der Waals surface area contributed by atoms with Crippen LogP contribution in [-0.4, -0.2) is 46.0 Å². The van der Waals surface area contributed by atoms with E-state index in [4.69, 9.17) is 13.9 Å². The van der Waals surface area contributed by atoms with Gasteiger partial charge in [-0.1, -0.05) is 0 Å². The molecular weight excluding hydrogens is 372 g/mol. The van der Waals surface area contributed by atoms with Crippen molar-refractivity contribution in [2.45, 2.75) is 25.7 Å². The van der Waals surface area contributed by atoms with Crippen LogP contribution in [0, 0.1) is 6.92 Å². The van der Waals surface area contributed by atoms with Gasteiger partial charge in [-0.3, -0.25) is 9.78 Å². The van der Waals surface area contributed by atoms with Gasteiger partial charge in [-0.2, -0.15) is 0 Å². The summed E-state index contributed by atoms with van der Waals surface area (Å²) in [7, 11) is 1.62. The zero-order chi connectivity index (χ0) is 20.2. The number of methoxy groups -OCH3 is 1. The Labute approximate surface area is 168 Å². The largest absolute Gasteiger partial charge is 0.497 e. The zero-order valence-corrected chi connectivity index (χ0v) is 16.4. The van der Waals surface area contributed by atoms with Crippen LogP contribution >= 0.6 is 0 Å². The molecule has 1 aliphatic heterocycles. The highest BCUT2D eigenvalue weighted by Gasteiger charge is 2.30. The van der Waals surface area contributed by atoms with Crippen LogP contribution in [0.1, 0.15) is 40.8 Å². The molecule has 0 spiro atoms. The maximum absolute atomic E-state index is 12.8. The van der Waals surface area contributed by atoms with Crippen molar-refractivity contribution in [3.8, 4) is 17.4 Å². The van der Waals surface area contributed by atoms with Crippen LogP contribution < -0.4 is 9.47 Å². The average Bonchev–Trinajstić information content (AvgIpc) is 3.20. The maximum atomic E-state index is 12.8. The molecule has 1 atom stereocenters. The van der Waals surface area contributed by atoms with Crippen molar-refractivity contribution >= 4 is 5.91 Å². The van der Waals surface area contributed by atoms with E-state index in [-0.39, 0.29) is 11.8 Å². The topological polar surface area (TPSA) is 90.6 Å². The standard InChI is InChI=1S/C21H22N4O4/c1-14-24-18(13-28-14)21(26)25-11-3-4-15(12-25)19-20(23-10-9-22-19)29-17-7-5-16(27-2)6-8-17/h5-10,13,15H,3-4,11-12H2,1-2H3/t15-/m1/s1. The second-order valence-corrected chi connectivity index (χ2v) is 6.87. The van der Waals surface area contributed by atoms with Gasteiger partial charge in [0.2, 0.25) is 5.88 Å². The highest BCUT2D eigenvalue weighted by molar-refractivity contribution is 5.92. The lowest BCUT2D eigenvalue weighted by Crippen LogP contribution is -2.39. The van der Waals surface area contributed by atoms with E-state index in [1.807, 2.05) is 24.3 Å². The van der Waals surface area contributed by atoms with E-state index in [9.17, 15) is 4.79 Å². The number of amides is 1. The van der Waals surface area contributed by atoms with E-state index in [0.717, 1.165) is 24.3 Å². The molecule has 1 aromatic carbocycles. The molecule has 4 rings (SSSR count). The molecular formula is C21H22N4O4. The van der Waals surface area contributed by atoms with Gasteiger partial charge < -0.3 is 18.8 Å². The Morgan fingerprint density at radius 2 is 1.93 bits per heavy atom. The summed E-state index contributed by atoms with van der Waals surface area (Å²) in [5.74, 6) is 2.23. The normalized spacial score (nSPS) is 16.5. The monoisotopic (exact) mass is 394 g/mol. The van der Waals surface area contributed by atoms with Gasteiger partial charge in [0.25, 0.3) is 5.91 Å². The number of piperidine rings is 1. The van der Waals surface area contributed by atoms with Gasteiger partial charge in [0, 0.05) is 38.3 Å². The van der Waals surface area contributed by atoms with Crippen molar-refractivity contribution < 1.29 is 18.7 Å². The lowest BCUT2D eigenvalue weighted by atomic mass is 9.94. The number of likely N-dealkylation sites (tertiary alicyclic amines) is 1. The lowest BCUT2D eigenvalue weighted by Gasteiger charge is -2.32. The fourth-order valence-corrected chi connectivity index (χ4v) is 3.46. The molecule has 3 heterocycles. The van der Waals surface area contributed by atoms with Gasteiger partial charge in [-0.15, -0.1) is 0 Å². The number of oxazole rings is 1. The minimum absolute atomic E-state index is 0.0302. The lowest BCUT2D eigenvalue weighted by molar-refractivity contribution is 0.0698. The summed E-state index contributed by atoms with van der Waals surface area (Å²) in [5, 5.41) is 0. The van der Waals surface area contributed by atoms with E-state index in [0.29, 0.717) is 36.3 Å². The van der Waals surface area contributed by atoms with E-state index in [1.165, 1.54) is 6.26 Å². The third-order valence-corrected chi connectivity index (χ3v) is 4.90. The number of nitrogens with zero attached hydrogens (tertiary/aromatic N) is 4. The number of ether oxygens (including phenoxy) is 2. The van der Waals surface area contributed by atoms with Crippen LogP contribution in [0.5, 0.6) is 17.4 Å². The molecule has 1 fully saturated rings. The Hall–Kier alpha value is -3.42. The molecule has 1 aliphatic rings. The fourth-order valence-electron chi connectivity index (χ4n) is 3.46. The SMILES string of the molecule is COc1ccc(Oc2nccnc2[C@@H]2CCCN(C(=O)c3coc(C)n3)C2)cc1. The van der Waals surface area contributed by atoms with Gasteiger partial charge >= 0.3 is 0 Å². The number of carbonyl (C=O) groups excluding carboxylic acids is 1. The second kappa shape index (κ2) is 8.30. The van der Waals surface area contributed by atoms with Gasteiger partial charge in [-0.25, -0.2) is 9.97 Å². The van der Waals surface area contributed by atoms with Gasteiger partial charge in [0.15, 0.2) is 11.6 Å². The summed E-state index contributed by atoms with van der Waals surface area (Å²) in [6.07, 6.45) is 6.43. The molecule has 1 amide bonds. The summed E-state index contributed by atoms with van der Waals surface area (Å²) in [6.45, 7) is 2.93. The Bertz CT molecular complexity index is 986. The minimum Gasteiger partial charge on any atom is -0.497 e. The second-order valence-electron chi connectivity index (χ2n) is 6.87. The summed E-state index contributed by atoms with van der Waals surface area (Å²) < 4.78 is 16.3. The molecule has 8 heteroatoms. The smallest absolute Gasteiger partial charge is 0.275 e. The minimum atomic E-state index is -0.131. The average molecular weight is 394 g/mol. The van der Waals surface area contributed by atoms with Crippen LogP contribution in [0.3, 0.4) is 0 Å². The van der Waals surface area contributed by atoms with Gasteiger partial charge in [-0.05, 0) is 37.1 Å². The number of aryl methyl sites for hydroxylation is 1. The molecule has 0 N–H and O–H groups in total. The Morgan fingerprint density at radius 3 is 2.66 bits per heavy atom. The quantitative estimate of drug-likeness (QED) is 0.653. The van der Waals surface area contributed by atoms with E-state index in [2.05, 4.69) is 15.0 Å². The molecule has 0 saturated carbocycles. The highest BCUT2D eigenvalue weighted by Crippen LogP contribution is 2.33. The number of hydrogen-bond donors (Lipinski definition) is 0. The molecule has 0 unspecified atom stereocenters. The van der Waals surface area contributed by atoms with Crippen molar-refractivity contribution in [3.05, 3.63) is 60.2 Å². The fraction of sp³-hybridized carbons (Fsp3) is 0.333. The third-order valence-electron chi connectivity index (χ3n) is 4.90. The first-order valence-electron chi connectivity index (χ1n) is 9.48. The third kappa shape index (κ3) is 4.21. The number of benzene rings is 1. The molecule has 29 heavy (non-hydrogen) atoms. The maximum Gasteiger partial charge on any atom is 0.275 e. The van der Waals surface area contributed by atoms with Crippen LogP contribution in [0.15, 0.2) is 47.3 Å². The van der Waals surface area contributed by atoms with E-state index in [1.54, 1.807) is 31.3 Å². The Morgan fingerprint density at radius 1 is 1.17 bits per heavy atom. The number of carbonyl (C=O) groups is 1. The van der Waals surface area contributed by atoms with E-state index >= 15 is 0 Å². The van der Waals surface area contributed by atoms with Crippen LogP contribution in [0.4, 0.5) is 0 Å². The first-order chi connectivity index (χ1) is 14.1. The van der Waals surface area contributed by atoms with Gasteiger partial charge in [0.05, 0.1) is 7.11 Å². The molecule has 2 aromatic heterocycles. The zero-order valence-electron chi connectivity index (χ0n) is 16.4. The number of rotatable bonds is 5. The summed E-state index contributed by atoms with van der Waals surface area (Å²) >= 11 is 0. The molecule has 3 aromatic rings. The molecule has 0 bridgehead atoms. The summed E-state index contributed by atoms with van der Waals surface area (Å²) in [4.78, 5) is 27.6. The Kier molecular flexibility index (Phi) is 5.41. The van der Waals surface area contributed by atoms with Crippen molar-refractivity contribution in [3.63, 3.8) is 0 Å². The van der Waals surface area contributed by atoms with Crippen LogP contribution in [-0.2, 0) is 0 Å². The van der Waals surface area contributed by atoms with Crippen molar-refractivity contribution in [1.29, 1.82) is 0 Å². The number of aromatic nitrogens is 3. The number of hydrogen-bond acceptors (Lipinski definition) is 7. The van der Waals surface area contributed by atoms with Crippen LogP contribution in [0.2, 0.25) is 0 Å². The van der Waals surface area contributed by atoms with Crippen molar-refractivity contribution in [2.75, 3.05) is 20.2 Å². The molecule has 0 radical (unpaired) electrons. The predicted molar refractivity (Wildman–Crippen MR) is 104 cm³/mol. The molecule has 8 nitrogen and oxygen atoms in total. The summed E-state index contributed by atoms with van der Waals surface area (Å²) in [5.41, 5.74) is 1.08. The van der Waals surface area contributed by atoms with Gasteiger partial charge in [0.1, 0.15) is 23.5 Å². The van der Waals surface area contributed by atoms with Crippen molar-refractivity contribution in [1.82, 2.24) is 19.9 Å². The van der Waals surface area contributed by atoms with E-state index < -0.39 is 0 Å². The highest BCUT2D eigenvalue weighted by atomic mass is 16.5. The molecule has 0 aliphatic carbocycles. The predicted octanol–water partition coefficient (Wildman–Crippen LogP) is 3.59. The Balaban J connectivity index is 1.52.